The molecule has 1 aliphatic heterocycles. The molecule has 0 amide bonds. The third-order valence-electron chi connectivity index (χ3n) is 2.44. The fourth-order valence-electron chi connectivity index (χ4n) is 1.54. The molecule has 1 aromatic rings. The highest BCUT2D eigenvalue weighted by molar-refractivity contribution is 8.14. The third-order valence-corrected chi connectivity index (χ3v) is 3.33. The van der Waals surface area contributed by atoms with Crippen LogP contribution in [0.4, 0.5) is 0 Å². The van der Waals surface area contributed by atoms with E-state index in [1.807, 2.05) is 0 Å². The minimum Gasteiger partial charge on any atom is -0.379 e. The molecule has 0 saturated heterocycles. The van der Waals surface area contributed by atoms with Gasteiger partial charge < -0.3 is 5.73 Å². The van der Waals surface area contributed by atoms with Gasteiger partial charge >= 0.3 is 0 Å². The lowest BCUT2D eigenvalue weighted by Gasteiger charge is -2.06. The molecule has 0 aliphatic carbocycles. The van der Waals surface area contributed by atoms with Crippen molar-refractivity contribution in [1.29, 1.82) is 0 Å². The third kappa shape index (κ3) is 1.93. The minimum atomic E-state index is 0.269. The van der Waals surface area contributed by atoms with Gasteiger partial charge in [-0.25, -0.2) is 0 Å². The Bertz CT molecular complexity index is 343. The zero-order chi connectivity index (χ0) is 9.97. The van der Waals surface area contributed by atoms with Crippen LogP contribution in [-0.4, -0.2) is 10.9 Å². The van der Waals surface area contributed by atoms with Gasteiger partial charge in [-0.2, -0.15) is 0 Å². The lowest BCUT2D eigenvalue weighted by molar-refractivity contribution is 0.847. The van der Waals surface area contributed by atoms with Crippen LogP contribution in [0.25, 0.3) is 0 Å². The standard InChI is InChI=1S/C11H14N2S/c1-2-8-3-5-9(6-4-8)10-7-14-11(12)13-10/h3-6,10H,2,7H2,1H3,(H2,12,13). The maximum Gasteiger partial charge on any atom is 0.154 e. The van der Waals surface area contributed by atoms with Gasteiger partial charge in [0, 0.05) is 5.75 Å². The molecule has 0 spiro atoms. The molecule has 0 fully saturated rings. The van der Waals surface area contributed by atoms with Crippen molar-refractivity contribution in [3.05, 3.63) is 35.4 Å². The lowest BCUT2D eigenvalue weighted by Crippen LogP contribution is -2.01. The Morgan fingerprint density at radius 1 is 1.43 bits per heavy atom. The van der Waals surface area contributed by atoms with Gasteiger partial charge in [0.1, 0.15) is 0 Å². The molecule has 2 nitrogen and oxygen atoms in total. The Labute approximate surface area is 88.6 Å². The average molecular weight is 206 g/mol. The predicted molar refractivity (Wildman–Crippen MR) is 62.6 cm³/mol. The summed E-state index contributed by atoms with van der Waals surface area (Å²) in [4.78, 5) is 4.37. The van der Waals surface area contributed by atoms with Crippen LogP contribution in [0.1, 0.15) is 24.1 Å². The number of nitrogens with two attached hydrogens (primary N) is 1. The smallest absolute Gasteiger partial charge is 0.154 e. The molecule has 0 bridgehead atoms. The number of rotatable bonds is 2. The van der Waals surface area contributed by atoms with E-state index in [9.17, 15) is 0 Å². The SMILES string of the molecule is CCc1ccc(C2CSC(N)=N2)cc1. The van der Waals surface area contributed by atoms with Crippen LogP contribution in [0.3, 0.4) is 0 Å². The van der Waals surface area contributed by atoms with Gasteiger partial charge in [0.05, 0.1) is 6.04 Å². The largest absolute Gasteiger partial charge is 0.379 e. The van der Waals surface area contributed by atoms with E-state index in [-0.39, 0.29) is 6.04 Å². The molecule has 0 saturated carbocycles. The summed E-state index contributed by atoms with van der Waals surface area (Å²) in [7, 11) is 0. The monoisotopic (exact) mass is 206 g/mol. The molecule has 0 aromatic heterocycles. The number of nitrogens with zero attached hydrogens (tertiary/aromatic N) is 1. The van der Waals surface area contributed by atoms with Crippen molar-refractivity contribution in [2.45, 2.75) is 19.4 Å². The zero-order valence-corrected chi connectivity index (χ0v) is 9.05. The second-order valence-corrected chi connectivity index (χ2v) is 4.43. The fraction of sp³-hybridized carbons (Fsp3) is 0.364. The molecule has 2 rings (SSSR count). The highest BCUT2D eigenvalue weighted by atomic mass is 32.2. The first kappa shape index (κ1) is 9.59. The molecule has 14 heavy (non-hydrogen) atoms. The zero-order valence-electron chi connectivity index (χ0n) is 8.23. The Hall–Kier alpha value is -0.960. The van der Waals surface area contributed by atoms with Crippen molar-refractivity contribution in [3.63, 3.8) is 0 Å². The number of benzene rings is 1. The average Bonchev–Trinajstić information content (AvgIpc) is 2.65. The molecule has 0 radical (unpaired) electrons. The quantitative estimate of drug-likeness (QED) is 0.806. The molecule has 1 aromatic carbocycles. The van der Waals surface area contributed by atoms with E-state index in [1.54, 1.807) is 11.8 Å². The van der Waals surface area contributed by atoms with Crippen LogP contribution in [0, 0.1) is 0 Å². The molecule has 3 heteroatoms. The van der Waals surface area contributed by atoms with Crippen molar-refractivity contribution in [2.75, 3.05) is 5.75 Å². The van der Waals surface area contributed by atoms with Crippen LogP contribution >= 0.6 is 11.8 Å². The molecular formula is C11H14N2S. The van der Waals surface area contributed by atoms with Gasteiger partial charge in [0.15, 0.2) is 5.17 Å². The maximum absolute atomic E-state index is 5.63. The molecule has 74 valence electrons. The highest BCUT2D eigenvalue weighted by Crippen LogP contribution is 2.28. The normalized spacial score (nSPS) is 20.9. The maximum atomic E-state index is 5.63. The summed E-state index contributed by atoms with van der Waals surface area (Å²) in [6.45, 7) is 2.16. The van der Waals surface area contributed by atoms with Gasteiger partial charge in [-0.1, -0.05) is 43.0 Å². The van der Waals surface area contributed by atoms with Crippen LogP contribution < -0.4 is 5.73 Å². The van der Waals surface area contributed by atoms with Gasteiger partial charge in [0.2, 0.25) is 0 Å². The summed E-state index contributed by atoms with van der Waals surface area (Å²) in [6, 6.07) is 8.93. The highest BCUT2D eigenvalue weighted by Gasteiger charge is 2.17. The van der Waals surface area contributed by atoms with Crippen LogP contribution in [0.2, 0.25) is 0 Å². The van der Waals surface area contributed by atoms with Crippen LogP contribution in [-0.2, 0) is 6.42 Å². The van der Waals surface area contributed by atoms with E-state index < -0.39 is 0 Å². The first-order valence-corrected chi connectivity index (χ1v) is 5.83. The second-order valence-electron chi connectivity index (χ2n) is 3.39. The van der Waals surface area contributed by atoms with E-state index in [2.05, 4.69) is 36.2 Å². The second kappa shape index (κ2) is 4.05. The first-order valence-electron chi connectivity index (χ1n) is 4.84. The van der Waals surface area contributed by atoms with Crippen LogP contribution in [0.15, 0.2) is 29.3 Å². The fourth-order valence-corrected chi connectivity index (χ4v) is 2.34. The predicted octanol–water partition coefficient (Wildman–Crippen LogP) is 2.35. The Balaban J connectivity index is 2.17. The number of aryl methyl sites for hydroxylation is 1. The Morgan fingerprint density at radius 3 is 2.64 bits per heavy atom. The molecular weight excluding hydrogens is 192 g/mol. The summed E-state index contributed by atoms with van der Waals surface area (Å²) < 4.78 is 0. The summed E-state index contributed by atoms with van der Waals surface area (Å²) in [5.74, 6) is 0.983. The summed E-state index contributed by atoms with van der Waals surface area (Å²) in [6.07, 6.45) is 1.09. The number of hydrogen-bond acceptors (Lipinski definition) is 3. The van der Waals surface area contributed by atoms with Gasteiger partial charge in [-0.15, -0.1) is 0 Å². The summed E-state index contributed by atoms with van der Waals surface area (Å²) in [5, 5.41) is 0.717. The number of hydrogen-bond donors (Lipinski definition) is 1. The number of amidine groups is 1. The number of aliphatic imine (C=N–C) groups is 1. The Kier molecular flexibility index (Phi) is 2.77. The first-order chi connectivity index (χ1) is 6.79. The van der Waals surface area contributed by atoms with E-state index in [4.69, 9.17) is 5.73 Å². The minimum absolute atomic E-state index is 0.269. The van der Waals surface area contributed by atoms with Gasteiger partial charge in [0.25, 0.3) is 0 Å². The summed E-state index contributed by atoms with van der Waals surface area (Å²) >= 11 is 1.64. The van der Waals surface area contributed by atoms with Gasteiger partial charge in [-0.3, -0.25) is 4.99 Å². The molecule has 1 heterocycles. The molecule has 1 aliphatic rings. The Morgan fingerprint density at radius 2 is 2.14 bits per heavy atom. The van der Waals surface area contributed by atoms with E-state index >= 15 is 0 Å². The molecule has 1 unspecified atom stereocenters. The number of thioether (sulfide) groups is 1. The van der Waals surface area contributed by atoms with Crippen molar-refractivity contribution >= 4 is 16.9 Å². The van der Waals surface area contributed by atoms with E-state index in [1.165, 1.54) is 11.1 Å². The van der Waals surface area contributed by atoms with Gasteiger partial charge in [-0.05, 0) is 17.5 Å². The van der Waals surface area contributed by atoms with Crippen molar-refractivity contribution in [2.24, 2.45) is 10.7 Å². The topological polar surface area (TPSA) is 38.4 Å². The summed E-state index contributed by atoms with van der Waals surface area (Å²) in [5.41, 5.74) is 8.28. The van der Waals surface area contributed by atoms with E-state index in [0.29, 0.717) is 0 Å². The van der Waals surface area contributed by atoms with Crippen molar-refractivity contribution in [3.8, 4) is 0 Å². The van der Waals surface area contributed by atoms with Crippen LogP contribution in [0.5, 0.6) is 0 Å². The molecule has 2 N–H and O–H groups in total. The lowest BCUT2D eigenvalue weighted by atomic mass is 10.1. The van der Waals surface area contributed by atoms with Crippen molar-refractivity contribution in [1.82, 2.24) is 0 Å². The van der Waals surface area contributed by atoms with E-state index in [0.717, 1.165) is 17.3 Å². The van der Waals surface area contributed by atoms with Crippen molar-refractivity contribution < 1.29 is 0 Å². The molecule has 1 atom stereocenters.